The summed E-state index contributed by atoms with van der Waals surface area (Å²) in [5.41, 5.74) is 17.9. The van der Waals surface area contributed by atoms with Gasteiger partial charge in [-0.15, -0.1) is 0 Å². The van der Waals surface area contributed by atoms with Crippen LogP contribution in [0.4, 0.5) is 0 Å². The SMILES string of the molecule is N#Cc1ccc(-c2cc3c4cc5c(cc4c(-c4ccc(C#N)cc4)cc3c3ccccc23)-c2cccc3c(-c4ccc(-c6ccc(-c7ccccc7)cc6)cc4)ccc-5c23)cc1. The van der Waals surface area contributed by atoms with Crippen LogP contribution in [0.3, 0.4) is 0 Å². The van der Waals surface area contributed by atoms with Crippen LogP contribution >= 0.6 is 0 Å². The fraction of sp³-hybridized carbons (Fsp3) is 0. The van der Waals surface area contributed by atoms with Crippen molar-refractivity contribution in [3.63, 3.8) is 0 Å². The Balaban J connectivity index is 1.03. The van der Waals surface area contributed by atoms with Gasteiger partial charge in [0.05, 0.1) is 23.3 Å². The Labute approximate surface area is 359 Å². The van der Waals surface area contributed by atoms with Gasteiger partial charge in [0.1, 0.15) is 0 Å². The zero-order chi connectivity index (χ0) is 41.3. The second-order valence-corrected chi connectivity index (χ2v) is 16.2. The van der Waals surface area contributed by atoms with Gasteiger partial charge in [-0.2, -0.15) is 10.5 Å². The molecule has 0 amide bonds. The molecule has 0 spiro atoms. The van der Waals surface area contributed by atoms with Crippen LogP contribution in [0.5, 0.6) is 0 Å². The summed E-state index contributed by atoms with van der Waals surface area (Å²) in [6.45, 7) is 0. The minimum absolute atomic E-state index is 0.641. The van der Waals surface area contributed by atoms with Gasteiger partial charge in [0.2, 0.25) is 0 Å². The summed E-state index contributed by atoms with van der Waals surface area (Å²) in [5, 5.41) is 28.8. The maximum Gasteiger partial charge on any atom is 0.0991 e. The third kappa shape index (κ3) is 5.56. The third-order valence-corrected chi connectivity index (χ3v) is 12.9. The van der Waals surface area contributed by atoms with Crippen LogP contribution in [0, 0.1) is 22.7 Å². The lowest BCUT2D eigenvalue weighted by Gasteiger charge is -2.17. The molecule has 0 aliphatic heterocycles. The topological polar surface area (TPSA) is 47.6 Å². The largest absolute Gasteiger partial charge is 0.192 e. The summed E-state index contributed by atoms with van der Waals surface area (Å²) < 4.78 is 0. The average molecular weight is 783 g/mol. The lowest BCUT2D eigenvalue weighted by atomic mass is 9.86. The molecule has 0 saturated heterocycles. The summed E-state index contributed by atoms with van der Waals surface area (Å²) in [6.07, 6.45) is 0. The Morgan fingerprint density at radius 3 is 1.21 bits per heavy atom. The maximum atomic E-state index is 9.67. The van der Waals surface area contributed by atoms with Crippen molar-refractivity contribution in [1.82, 2.24) is 0 Å². The highest BCUT2D eigenvalue weighted by Gasteiger charge is 2.25. The molecule has 0 fully saturated rings. The quantitative estimate of drug-likeness (QED) is 0.163. The molecule has 12 rings (SSSR count). The lowest BCUT2D eigenvalue weighted by molar-refractivity contribution is 1.48. The lowest BCUT2D eigenvalue weighted by Crippen LogP contribution is -1.91. The molecule has 0 bridgehead atoms. The molecule has 2 heteroatoms. The fourth-order valence-corrected chi connectivity index (χ4v) is 9.85. The van der Waals surface area contributed by atoms with Crippen molar-refractivity contribution in [3.8, 4) is 90.0 Å². The standard InChI is InChI=1S/C60H34N2/c61-35-37-13-17-44(18-14-37)52-31-58-54(48-10-5-4-9-47(48)52)32-53(45-19-15-38(36-62)16-20-45)57-33-55-50-12-6-11-49-46(29-30-51(60(49)50)56(55)34-59(57)58)43-27-25-42(26-28-43)41-23-21-40(22-24-41)39-7-2-1-3-8-39/h1-34H. The molecule has 1 aliphatic carbocycles. The van der Waals surface area contributed by atoms with Crippen molar-refractivity contribution in [2.45, 2.75) is 0 Å². The van der Waals surface area contributed by atoms with Gasteiger partial charge < -0.3 is 0 Å². The van der Waals surface area contributed by atoms with Crippen molar-refractivity contribution in [1.29, 1.82) is 10.5 Å². The Hall–Kier alpha value is -8.56. The van der Waals surface area contributed by atoms with Crippen LogP contribution in [0.2, 0.25) is 0 Å². The number of rotatable bonds is 5. The zero-order valence-electron chi connectivity index (χ0n) is 33.5. The number of hydrogen-bond donors (Lipinski definition) is 0. The third-order valence-electron chi connectivity index (χ3n) is 12.9. The molecule has 11 aromatic carbocycles. The Kier molecular flexibility index (Phi) is 8.01. The van der Waals surface area contributed by atoms with E-state index in [0.717, 1.165) is 27.6 Å². The van der Waals surface area contributed by atoms with E-state index in [1.807, 2.05) is 24.3 Å². The van der Waals surface area contributed by atoms with E-state index in [0.29, 0.717) is 11.1 Å². The van der Waals surface area contributed by atoms with E-state index in [1.165, 1.54) is 93.3 Å². The molecule has 0 N–H and O–H groups in total. The molecule has 0 heterocycles. The van der Waals surface area contributed by atoms with E-state index in [-0.39, 0.29) is 0 Å². The zero-order valence-corrected chi connectivity index (χ0v) is 33.5. The highest BCUT2D eigenvalue weighted by molar-refractivity contribution is 6.27. The van der Waals surface area contributed by atoms with Crippen LogP contribution in [-0.4, -0.2) is 0 Å². The minimum Gasteiger partial charge on any atom is -0.192 e. The van der Waals surface area contributed by atoms with E-state index in [2.05, 4.69) is 194 Å². The summed E-state index contributed by atoms with van der Waals surface area (Å²) in [5.74, 6) is 0. The minimum atomic E-state index is 0.641. The van der Waals surface area contributed by atoms with Gasteiger partial charge in [-0.25, -0.2) is 0 Å². The number of nitrogens with zero attached hydrogens (tertiary/aromatic N) is 2. The normalized spacial score (nSPS) is 11.5. The van der Waals surface area contributed by atoms with Crippen LogP contribution in [0.1, 0.15) is 11.1 Å². The summed E-state index contributed by atoms with van der Waals surface area (Å²) >= 11 is 0. The maximum absolute atomic E-state index is 9.67. The van der Waals surface area contributed by atoms with Crippen LogP contribution in [0.25, 0.3) is 121 Å². The molecular weight excluding hydrogens is 749 g/mol. The van der Waals surface area contributed by atoms with Gasteiger partial charge in [0.15, 0.2) is 0 Å². The van der Waals surface area contributed by atoms with Gasteiger partial charge >= 0.3 is 0 Å². The first kappa shape index (κ1) is 35.4. The molecule has 62 heavy (non-hydrogen) atoms. The fourth-order valence-electron chi connectivity index (χ4n) is 9.85. The molecule has 0 saturated carbocycles. The predicted molar refractivity (Wildman–Crippen MR) is 258 cm³/mol. The first-order chi connectivity index (χ1) is 30.6. The second-order valence-electron chi connectivity index (χ2n) is 16.2. The van der Waals surface area contributed by atoms with Crippen LogP contribution < -0.4 is 0 Å². The highest BCUT2D eigenvalue weighted by Crippen LogP contribution is 2.53. The van der Waals surface area contributed by atoms with Gasteiger partial charge in [0, 0.05) is 0 Å². The Morgan fingerprint density at radius 2 is 0.613 bits per heavy atom. The molecule has 0 unspecified atom stereocenters. The van der Waals surface area contributed by atoms with Gasteiger partial charge in [-0.1, -0.05) is 158 Å². The molecule has 2 nitrogen and oxygen atoms in total. The predicted octanol–water partition coefficient (Wildman–Crippen LogP) is 16.0. The van der Waals surface area contributed by atoms with Gasteiger partial charge in [0.25, 0.3) is 0 Å². The number of benzene rings is 11. The van der Waals surface area contributed by atoms with Crippen molar-refractivity contribution < 1.29 is 0 Å². The molecule has 1 aliphatic rings. The number of nitriles is 2. The average Bonchev–Trinajstić information content (AvgIpc) is 3.66. The molecule has 0 aromatic heterocycles. The smallest absolute Gasteiger partial charge is 0.0991 e. The summed E-state index contributed by atoms with van der Waals surface area (Å²) in [6, 6.07) is 78.3. The second kappa shape index (κ2) is 14.0. The van der Waals surface area contributed by atoms with Crippen molar-refractivity contribution >= 4 is 43.1 Å². The van der Waals surface area contributed by atoms with Crippen molar-refractivity contribution in [3.05, 3.63) is 217 Å². The van der Waals surface area contributed by atoms with Gasteiger partial charge in [-0.3, -0.25) is 0 Å². The van der Waals surface area contributed by atoms with Crippen molar-refractivity contribution in [2.75, 3.05) is 0 Å². The van der Waals surface area contributed by atoms with Crippen LogP contribution in [-0.2, 0) is 0 Å². The Morgan fingerprint density at radius 1 is 0.226 bits per heavy atom. The van der Waals surface area contributed by atoms with E-state index in [4.69, 9.17) is 0 Å². The van der Waals surface area contributed by atoms with Gasteiger partial charge in [-0.05, 0) is 170 Å². The Bertz CT molecular complexity index is 3700. The monoisotopic (exact) mass is 782 g/mol. The van der Waals surface area contributed by atoms with E-state index in [9.17, 15) is 10.5 Å². The number of fused-ring (bicyclic) bond motifs is 8. The first-order valence-electron chi connectivity index (χ1n) is 20.9. The first-order valence-corrected chi connectivity index (χ1v) is 20.9. The van der Waals surface area contributed by atoms with Crippen molar-refractivity contribution in [2.24, 2.45) is 0 Å². The molecule has 284 valence electrons. The summed E-state index contributed by atoms with van der Waals surface area (Å²) in [7, 11) is 0. The highest BCUT2D eigenvalue weighted by atomic mass is 14.3. The number of hydrogen-bond acceptors (Lipinski definition) is 2. The van der Waals surface area contributed by atoms with E-state index < -0.39 is 0 Å². The van der Waals surface area contributed by atoms with Crippen LogP contribution in [0.15, 0.2) is 206 Å². The molecular formula is C60H34N2. The van der Waals surface area contributed by atoms with E-state index >= 15 is 0 Å². The molecule has 0 atom stereocenters. The summed E-state index contributed by atoms with van der Waals surface area (Å²) in [4.78, 5) is 0. The molecule has 0 radical (unpaired) electrons. The molecule has 11 aromatic rings. The van der Waals surface area contributed by atoms with E-state index in [1.54, 1.807) is 0 Å².